The molecular formula is C22H33N3O3. The molecule has 0 saturated carbocycles. The summed E-state index contributed by atoms with van der Waals surface area (Å²) in [6.07, 6.45) is 2.59. The van der Waals surface area contributed by atoms with Crippen LogP contribution < -0.4 is 11.1 Å². The van der Waals surface area contributed by atoms with E-state index in [-0.39, 0.29) is 17.8 Å². The highest BCUT2D eigenvalue weighted by Crippen LogP contribution is 2.30. The van der Waals surface area contributed by atoms with E-state index >= 15 is 0 Å². The normalized spacial score (nSPS) is 13.4. The molecular weight excluding hydrogens is 354 g/mol. The molecule has 154 valence electrons. The lowest BCUT2D eigenvalue weighted by atomic mass is 9.94. The van der Waals surface area contributed by atoms with E-state index < -0.39 is 10.8 Å². The molecule has 0 aliphatic rings. The van der Waals surface area contributed by atoms with Crippen molar-refractivity contribution in [2.45, 2.75) is 53.9 Å². The zero-order chi connectivity index (χ0) is 21.1. The summed E-state index contributed by atoms with van der Waals surface area (Å²) in [6, 6.07) is 5.80. The van der Waals surface area contributed by atoms with Gasteiger partial charge >= 0.3 is 5.97 Å². The highest BCUT2D eigenvalue weighted by molar-refractivity contribution is 5.97. The molecule has 0 fully saturated rings. The molecule has 0 bridgehead atoms. The van der Waals surface area contributed by atoms with Crippen molar-refractivity contribution < 1.29 is 14.3 Å². The zero-order valence-electron chi connectivity index (χ0n) is 17.8. The minimum absolute atomic E-state index is 0.0339. The van der Waals surface area contributed by atoms with Crippen LogP contribution in [0.3, 0.4) is 0 Å². The third kappa shape index (κ3) is 5.35. The number of fused-ring (bicyclic) bond motifs is 1. The molecule has 6 nitrogen and oxygen atoms in total. The monoisotopic (exact) mass is 387 g/mol. The van der Waals surface area contributed by atoms with Gasteiger partial charge in [0.15, 0.2) is 0 Å². The molecule has 2 rings (SSSR count). The number of benzene rings is 1. The first-order valence-electron chi connectivity index (χ1n) is 9.73. The van der Waals surface area contributed by atoms with E-state index in [4.69, 9.17) is 10.5 Å². The maximum absolute atomic E-state index is 12.3. The summed E-state index contributed by atoms with van der Waals surface area (Å²) in [5.41, 5.74) is 7.83. The molecule has 1 amide bonds. The molecule has 2 aromatic rings. The molecule has 0 saturated heterocycles. The third-order valence-electron chi connectivity index (χ3n) is 4.69. The van der Waals surface area contributed by atoms with Crippen LogP contribution in [0.15, 0.2) is 24.4 Å². The standard InChI is InChI=1S/C22H33N3O3/c1-21(2,3)19(26)25-15-7-8-18-16(11-15)17(13-24-18)14(12-23)9-10-28-20(27)22(4,5)6/h7-8,11,13-14,24H,9-10,12,23H2,1-6H3,(H,25,26). The van der Waals surface area contributed by atoms with Crippen molar-refractivity contribution in [1.82, 2.24) is 4.98 Å². The van der Waals surface area contributed by atoms with Crippen LogP contribution >= 0.6 is 0 Å². The first-order valence-corrected chi connectivity index (χ1v) is 9.73. The number of rotatable bonds is 6. The highest BCUT2D eigenvalue weighted by atomic mass is 16.5. The molecule has 6 heteroatoms. The van der Waals surface area contributed by atoms with Crippen molar-refractivity contribution in [1.29, 1.82) is 0 Å². The number of nitrogens with two attached hydrogens (primary N) is 1. The number of H-pyrrole nitrogens is 1. The van der Waals surface area contributed by atoms with Gasteiger partial charge in [-0.05, 0) is 57.5 Å². The average molecular weight is 388 g/mol. The second-order valence-corrected chi connectivity index (χ2v) is 9.32. The van der Waals surface area contributed by atoms with Gasteiger partial charge in [0.25, 0.3) is 0 Å². The predicted molar refractivity (Wildman–Crippen MR) is 113 cm³/mol. The highest BCUT2D eigenvalue weighted by Gasteiger charge is 2.24. The molecule has 0 spiro atoms. The molecule has 1 aromatic carbocycles. The van der Waals surface area contributed by atoms with Gasteiger partial charge in [0.05, 0.1) is 12.0 Å². The molecule has 0 radical (unpaired) electrons. The molecule has 0 aliphatic carbocycles. The van der Waals surface area contributed by atoms with Gasteiger partial charge in [-0.2, -0.15) is 0 Å². The predicted octanol–water partition coefficient (Wildman–Crippen LogP) is 4.17. The van der Waals surface area contributed by atoms with Crippen LogP contribution in [0, 0.1) is 10.8 Å². The lowest BCUT2D eigenvalue weighted by Crippen LogP contribution is -2.27. The fourth-order valence-electron chi connectivity index (χ4n) is 2.79. The first-order chi connectivity index (χ1) is 12.9. The minimum atomic E-state index is -0.515. The number of carbonyl (C=O) groups excluding carboxylic acids is 2. The van der Waals surface area contributed by atoms with Crippen LogP contribution in [-0.4, -0.2) is 30.0 Å². The summed E-state index contributed by atoms with van der Waals surface area (Å²) >= 11 is 0. The van der Waals surface area contributed by atoms with Crippen LogP contribution in [0.5, 0.6) is 0 Å². The van der Waals surface area contributed by atoms with E-state index in [0.717, 1.165) is 22.2 Å². The maximum atomic E-state index is 12.3. The number of aromatic nitrogens is 1. The smallest absolute Gasteiger partial charge is 0.311 e. The second-order valence-electron chi connectivity index (χ2n) is 9.32. The van der Waals surface area contributed by atoms with Gasteiger partial charge in [0.2, 0.25) is 5.91 Å². The maximum Gasteiger partial charge on any atom is 0.311 e. The van der Waals surface area contributed by atoms with E-state index in [2.05, 4.69) is 10.3 Å². The molecule has 4 N–H and O–H groups in total. The summed E-state index contributed by atoms with van der Waals surface area (Å²) in [5.74, 6) is -0.196. The minimum Gasteiger partial charge on any atom is -0.465 e. The van der Waals surface area contributed by atoms with Gasteiger partial charge in [-0.3, -0.25) is 9.59 Å². The van der Waals surface area contributed by atoms with Crippen molar-refractivity contribution in [2.24, 2.45) is 16.6 Å². The van der Waals surface area contributed by atoms with Crippen molar-refractivity contribution in [3.63, 3.8) is 0 Å². The van der Waals surface area contributed by atoms with Crippen LogP contribution in [0.2, 0.25) is 0 Å². The Hall–Kier alpha value is -2.34. The molecule has 0 aliphatic heterocycles. The number of amides is 1. The van der Waals surface area contributed by atoms with Gasteiger partial charge in [-0.25, -0.2) is 0 Å². The number of carbonyl (C=O) groups is 2. The Balaban J connectivity index is 2.17. The first kappa shape index (κ1) is 22.0. The Morgan fingerprint density at radius 2 is 1.82 bits per heavy atom. The number of anilines is 1. The molecule has 1 heterocycles. The summed E-state index contributed by atoms with van der Waals surface area (Å²) < 4.78 is 5.40. The fraction of sp³-hybridized carbons (Fsp3) is 0.545. The second kappa shape index (κ2) is 8.35. The number of aromatic amines is 1. The zero-order valence-corrected chi connectivity index (χ0v) is 17.8. The fourth-order valence-corrected chi connectivity index (χ4v) is 2.79. The Labute approximate surface area is 167 Å². The summed E-state index contributed by atoms with van der Waals surface area (Å²) in [6.45, 7) is 11.9. The van der Waals surface area contributed by atoms with Gasteiger partial charge in [0.1, 0.15) is 0 Å². The SMILES string of the molecule is CC(C)(C)C(=O)Nc1ccc2[nH]cc(C(CN)CCOC(=O)C(C)(C)C)c2c1. The van der Waals surface area contributed by atoms with E-state index in [9.17, 15) is 9.59 Å². The van der Waals surface area contributed by atoms with Crippen molar-refractivity contribution in [3.05, 3.63) is 30.0 Å². The van der Waals surface area contributed by atoms with Crippen LogP contribution in [0.25, 0.3) is 10.9 Å². The Bertz CT molecular complexity index is 841. The average Bonchev–Trinajstić information content (AvgIpc) is 3.00. The Kier molecular flexibility index (Phi) is 6.55. The van der Waals surface area contributed by atoms with Crippen LogP contribution in [0.4, 0.5) is 5.69 Å². The summed E-state index contributed by atoms with van der Waals surface area (Å²) in [5, 5.41) is 3.99. The molecule has 1 atom stereocenters. The van der Waals surface area contributed by atoms with Crippen molar-refractivity contribution in [2.75, 3.05) is 18.5 Å². The molecule has 1 aromatic heterocycles. The van der Waals surface area contributed by atoms with Crippen LogP contribution in [-0.2, 0) is 14.3 Å². The molecule has 1 unspecified atom stereocenters. The quantitative estimate of drug-likeness (QED) is 0.648. The number of ether oxygens (including phenoxy) is 1. The lowest BCUT2D eigenvalue weighted by molar-refractivity contribution is -0.153. The number of hydrogen-bond donors (Lipinski definition) is 3. The van der Waals surface area contributed by atoms with E-state index in [1.807, 2.05) is 65.9 Å². The molecule has 28 heavy (non-hydrogen) atoms. The van der Waals surface area contributed by atoms with Crippen molar-refractivity contribution in [3.8, 4) is 0 Å². The van der Waals surface area contributed by atoms with E-state index in [1.165, 1.54) is 0 Å². The number of esters is 1. The van der Waals surface area contributed by atoms with Gasteiger partial charge < -0.3 is 20.8 Å². The lowest BCUT2D eigenvalue weighted by Gasteiger charge is -2.19. The largest absolute Gasteiger partial charge is 0.465 e. The summed E-state index contributed by atoms with van der Waals surface area (Å²) in [4.78, 5) is 27.5. The Morgan fingerprint density at radius 1 is 1.14 bits per heavy atom. The number of hydrogen-bond acceptors (Lipinski definition) is 4. The topological polar surface area (TPSA) is 97.2 Å². The van der Waals surface area contributed by atoms with Crippen molar-refractivity contribution >= 4 is 28.5 Å². The van der Waals surface area contributed by atoms with E-state index in [0.29, 0.717) is 19.6 Å². The van der Waals surface area contributed by atoms with Gasteiger partial charge in [0, 0.05) is 34.1 Å². The number of nitrogens with one attached hydrogen (secondary N) is 2. The summed E-state index contributed by atoms with van der Waals surface area (Å²) in [7, 11) is 0. The van der Waals surface area contributed by atoms with Crippen LogP contribution in [0.1, 0.15) is 59.4 Å². The Morgan fingerprint density at radius 3 is 2.39 bits per heavy atom. The van der Waals surface area contributed by atoms with Gasteiger partial charge in [-0.15, -0.1) is 0 Å². The van der Waals surface area contributed by atoms with Gasteiger partial charge in [-0.1, -0.05) is 20.8 Å². The third-order valence-corrected chi connectivity index (χ3v) is 4.69. The van der Waals surface area contributed by atoms with E-state index in [1.54, 1.807) is 0 Å².